The van der Waals surface area contributed by atoms with Crippen LogP contribution in [0.3, 0.4) is 0 Å². The van der Waals surface area contributed by atoms with Gasteiger partial charge < -0.3 is 4.74 Å². The van der Waals surface area contributed by atoms with Gasteiger partial charge in [-0.1, -0.05) is 42.8 Å². The maximum absolute atomic E-state index is 13.0. The number of amides is 1. The molecule has 2 aromatic carbocycles. The molecular weight excluding hydrogens is 418 g/mol. The number of ether oxygens (including phenoxy) is 1. The monoisotopic (exact) mass is 439 g/mol. The van der Waals surface area contributed by atoms with Crippen LogP contribution in [0.4, 0.5) is 5.95 Å². The van der Waals surface area contributed by atoms with E-state index in [4.69, 9.17) is 4.74 Å². The third kappa shape index (κ3) is 4.03. The molecule has 4 rings (SSSR count). The summed E-state index contributed by atoms with van der Waals surface area (Å²) in [6.45, 7) is 6.34. The number of carbonyl (C=O) groups excluding carboxylic acids is 1. The molecule has 30 heavy (non-hydrogen) atoms. The quantitative estimate of drug-likeness (QED) is 0.426. The van der Waals surface area contributed by atoms with Crippen molar-refractivity contribution in [3.63, 3.8) is 0 Å². The molecule has 154 valence electrons. The number of H-pyrrole nitrogens is 1. The Kier molecular flexibility index (Phi) is 5.74. The molecule has 0 aliphatic carbocycles. The fourth-order valence-corrected chi connectivity index (χ4v) is 5.45. The summed E-state index contributed by atoms with van der Waals surface area (Å²) in [6, 6.07) is 12.5. The highest BCUT2D eigenvalue weighted by atomic mass is 32.2. The number of methoxy groups -OCH3 is 1. The zero-order valence-electron chi connectivity index (χ0n) is 17.0. The molecule has 1 amide bonds. The van der Waals surface area contributed by atoms with E-state index in [0.717, 1.165) is 31.2 Å². The molecule has 2 aromatic heterocycles. The first-order chi connectivity index (χ1) is 14.5. The van der Waals surface area contributed by atoms with Crippen LogP contribution in [-0.2, 0) is 0 Å². The van der Waals surface area contributed by atoms with Crippen LogP contribution < -0.4 is 10.1 Å². The van der Waals surface area contributed by atoms with E-state index >= 15 is 0 Å². The number of fused-ring (bicyclic) bond motifs is 1. The predicted molar refractivity (Wildman–Crippen MR) is 120 cm³/mol. The summed E-state index contributed by atoms with van der Waals surface area (Å²) in [5.41, 5.74) is 2.30. The number of hydrogen-bond donors (Lipinski definition) is 2. The molecule has 4 aromatic rings. The molecule has 0 aliphatic heterocycles. The molecule has 7 nitrogen and oxygen atoms in total. The highest BCUT2D eigenvalue weighted by Crippen LogP contribution is 2.44. The Morgan fingerprint density at radius 2 is 2.00 bits per heavy atom. The van der Waals surface area contributed by atoms with Crippen LogP contribution in [0.25, 0.3) is 10.1 Å². The molecule has 0 unspecified atom stereocenters. The smallest absolute Gasteiger partial charge is 0.269 e. The second kappa shape index (κ2) is 8.45. The lowest BCUT2D eigenvalue weighted by Crippen LogP contribution is -2.12. The molecule has 0 atom stereocenters. The van der Waals surface area contributed by atoms with E-state index in [9.17, 15) is 4.79 Å². The number of aromatic nitrogens is 4. The summed E-state index contributed by atoms with van der Waals surface area (Å²) in [5, 5.41) is 17.0. The number of hydrogen-bond acceptors (Lipinski definition) is 7. The van der Waals surface area contributed by atoms with Gasteiger partial charge in [0.15, 0.2) is 0 Å². The SMILES string of the molecule is COc1cc2c(Sc3ccc(C(C)C)cc3)c(C(=O)Nc3nnn[nH]3)sc2cc1C. The zero-order valence-corrected chi connectivity index (χ0v) is 18.6. The molecule has 2 N–H and O–H groups in total. The fraction of sp³-hybridized carbons (Fsp3) is 0.238. The van der Waals surface area contributed by atoms with Gasteiger partial charge in [0.05, 0.1) is 7.11 Å². The number of tetrazole rings is 1. The maximum atomic E-state index is 13.0. The Bertz CT molecular complexity index is 1180. The first kappa shape index (κ1) is 20.4. The van der Waals surface area contributed by atoms with Crippen molar-refractivity contribution in [3.05, 3.63) is 52.4 Å². The largest absolute Gasteiger partial charge is 0.496 e. The van der Waals surface area contributed by atoms with Crippen molar-refractivity contribution in [3.8, 4) is 5.75 Å². The molecule has 0 spiro atoms. The summed E-state index contributed by atoms with van der Waals surface area (Å²) in [5.74, 6) is 1.22. The minimum absolute atomic E-state index is 0.212. The van der Waals surface area contributed by atoms with Crippen LogP contribution in [0.15, 0.2) is 46.2 Å². The predicted octanol–water partition coefficient (Wildman–Crippen LogP) is 5.26. The molecule has 0 aliphatic rings. The highest BCUT2D eigenvalue weighted by Gasteiger charge is 2.22. The average molecular weight is 440 g/mol. The lowest BCUT2D eigenvalue weighted by atomic mass is 10.0. The van der Waals surface area contributed by atoms with E-state index in [1.165, 1.54) is 16.9 Å². The van der Waals surface area contributed by atoms with Crippen molar-refractivity contribution in [2.45, 2.75) is 36.5 Å². The normalized spacial score (nSPS) is 11.2. The van der Waals surface area contributed by atoms with Gasteiger partial charge in [0.1, 0.15) is 10.6 Å². The van der Waals surface area contributed by atoms with E-state index in [-0.39, 0.29) is 11.9 Å². The number of nitrogens with zero attached hydrogens (tertiary/aromatic N) is 3. The van der Waals surface area contributed by atoms with Crippen LogP contribution in [0.1, 0.15) is 40.6 Å². The van der Waals surface area contributed by atoms with Crippen LogP contribution in [-0.4, -0.2) is 33.6 Å². The van der Waals surface area contributed by atoms with E-state index in [1.54, 1.807) is 18.9 Å². The average Bonchev–Trinajstić information content (AvgIpc) is 3.35. The van der Waals surface area contributed by atoms with E-state index in [0.29, 0.717) is 10.8 Å². The van der Waals surface area contributed by atoms with Crippen molar-refractivity contribution < 1.29 is 9.53 Å². The number of benzene rings is 2. The molecule has 0 fully saturated rings. The molecule has 9 heteroatoms. The third-order valence-corrected chi connectivity index (χ3v) is 7.13. The summed E-state index contributed by atoms with van der Waals surface area (Å²) in [7, 11) is 1.66. The second-order valence-corrected chi connectivity index (χ2v) is 9.24. The summed E-state index contributed by atoms with van der Waals surface area (Å²) >= 11 is 3.01. The number of thiophene rings is 1. The highest BCUT2D eigenvalue weighted by molar-refractivity contribution is 7.99. The van der Waals surface area contributed by atoms with Gasteiger partial charge in [-0.05, 0) is 58.7 Å². The van der Waals surface area contributed by atoms with E-state index in [2.05, 4.69) is 70.1 Å². The van der Waals surface area contributed by atoms with Crippen LogP contribution in [0.5, 0.6) is 5.75 Å². The number of aryl methyl sites for hydroxylation is 1. The van der Waals surface area contributed by atoms with Gasteiger partial charge in [0.2, 0.25) is 5.95 Å². The Morgan fingerprint density at radius 1 is 1.23 bits per heavy atom. The summed E-state index contributed by atoms with van der Waals surface area (Å²) < 4.78 is 6.54. The van der Waals surface area contributed by atoms with Crippen molar-refractivity contribution in [2.24, 2.45) is 0 Å². The van der Waals surface area contributed by atoms with E-state index in [1.807, 2.05) is 13.0 Å². The van der Waals surface area contributed by atoms with Crippen molar-refractivity contribution in [2.75, 3.05) is 12.4 Å². The molecular formula is C21H21N5O2S2. The summed E-state index contributed by atoms with van der Waals surface area (Å²) in [6.07, 6.45) is 0. The topological polar surface area (TPSA) is 92.8 Å². The van der Waals surface area contributed by atoms with Gasteiger partial charge in [-0.15, -0.1) is 11.3 Å². The van der Waals surface area contributed by atoms with Gasteiger partial charge in [-0.25, -0.2) is 5.10 Å². The van der Waals surface area contributed by atoms with E-state index < -0.39 is 0 Å². The number of anilines is 1. The lowest BCUT2D eigenvalue weighted by molar-refractivity contribution is 0.102. The lowest BCUT2D eigenvalue weighted by Gasteiger charge is -2.09. The Hall–Kier alpha value is -2.91. The van der Waals surface area contributed by atoms with Crippen molar-refractivity contribution in [1.29, 1.82) is 0 Å². The molecule has 0 radical (unpaired) electrons. The van der Waals surface area contributed by atoms with Crippen molar-refractivity contribution in [1.82, 2.24) is 20.6 Å². The van der Waals surface area contributed by atoms with Gasteiger partial charge in [0, 0.05) is 19.9 Å². The van der Waals surface area contributed by atoms with Crippen LogP contribution >= 0.6 is 23.1 Å². The Morgan fingerprint density at radius 3 is 2.63 bits per heavy atom. The number of aromatic amines is 1. The van der Waals surface area contributed by atoms with Crippen molar-refractivity contribution >= 4 is 45.0 Å². The zero-order chi connectivity index (χ0) is 21.3. The minimum Gasteiger partial charge on any atom is -0.496 e. The maximum Gasteiger partial charge on any atom is 0.269 e. The molecule has 0 saturated heterocycles. The fourth-order valence-electron chi connectivity index (χ4n) is 3.09. The minimum atomic E-state index is -0.257. The van der Waals surface area contributed by atoms with Gasteiger partial charge >= 0.3 is 0 Å². The van der Waals surface area contributed by atoms with Gasteiger partial charge in [-0.2, -0.15) is 0 Å². The Labute approximate surface area is 182 Å². The van der Waals surface area contributed by atoms with Crippen LogP contribution in [0, 0.1) is 6.92 Å². The number of carbonyl (C=O) groups is 1. The third-order valence-electron chi connectivity index (χ3n) is 4.71. The number of rotatable bonds is 6. The first-order valence-electron chi connectivity index (χ1n) is 9.40. The molecule has 0 saturated carbocycles. The second-order valence-electron chi connectivity index (χ2n) is 7.11. The molecule has 2 heterocycles. The van der Waals surface area contributed by atoms with Crippen LogP contribution in [0.2, 0.25) is 0 Å². The standard InChI is InChI=1S/C21H21N5O2S2/c1-11(2)13-5-7-14(8-6-13)29-18-15-10-16(28-4)12(3)9-17(15)30-19(18)20(27)22-21-23-25-26-24-21/h5-11H,1-4H3,(H2,22,23,24,25,26,27). The summed E-state index contributed by atoms with van der Waals surface area (Å²) in [4.78, 5) is 15.6. The molecule has 0 bridgehead atoms. The number of nitrogens with one attached hydrogen (secondary N) is 2. The van der Waals surface area contributed by atoms with Gasteiger partial charge in [0.25, 0.3) is 5.91 Å². The van der Waals surface area contributed by atoms with Gasteiger partial charge in [-0.3, -0.25) is 10.1 Å². The first-order valence-corrected chi connectivity index (χ1v) is 11.0. The Balaban J connectivity index is 1.78.